The van der Waals surface area contributed by atoms with Gasteiger partial charge in [-0.15, -0.1) is 0 Å². The Kier molecular flexibility index (Phi) is 4.93. The molecule has 1 heterocycles. The molecule has 5 heteroatoms. The van der Waals surface area contributed by atoms with Gasteiger partial charge in [-0.3, -0.25) is 0 Å². The molecule has 2 rings (SSSR count). The lowest BCUT2D eigenvalue weighted by Crippen LogP contribution is -2.02. The summed E-state index contributed by atoms with van der Waals surface area (Å²) in [5.41, 5.74) is 1.64. The number of aliphatic hydroxyl groups excluding tert-OH is 1. The highest BCUT2D eigenvalue weighted by atomic mass is 35.5. The summed E-state index contributed by atoms with van der Waals surface area (Å²) in [6, 6.07) is 7.57. The van der Waals surface area contributed by atoms with Crippen molar-refractivity contribution < 1.29 is 9.84 Å². The molecule has 106 valence electrons. The minimum absolute atomic E-state index is 0.0735. The summed E-state index contributed by atoms with van der Waals surface area (Å²) in [6.07, 6.45) is 1.23. The van der Waals surface area contributed by atoms with Crippen molar-refractivity contribution in [3.63, 3.8) is 0 Å². The van der Waals surface area contributed by atoms with E-state index >= 15 is 0 Å². The standard InChI is InChI=1S/C15H17ClN2O2/c1-3-13-17-14(16)10(2)15(18-13)20-12-7-5-4-6-11(12)8-9-19/h4-7,19H,3,8-9H2,1-2H3. The largest absolute Gasteiger partial charge is 0.438 e. The van der Waals surface area contributed by atoms with E-state index in [0.717, 1.165) is 5.56 Å². The zero-order valence-corrected chi connectivity index (χ0v) is 12.3. The third kappa shape index (κ3) is 3.26. The van der Waals surface area contributed by atoms with Crippen molar-refractivity contribution in [1.82, 2.24) is 9.97 Å². The average molecular weight is 293 g/mol. The second-order valence-corrected chi connectivity index (χ2v) is 4.76. The van der Waals surface area contributed by atoms with Crippen LogP contribution < -0.4 is 4.74 Å². The average Bonchev–Trinajstić information content (AvgIpc) is 2.46. The number of benzene rings is 1. The van der Waals surface area contributed by atoms with E-state index in [9.17, 15) is 0 Å². The predicted molar refractivity (Wildman–Crippen MR) is 78.5 cm³/mol. The molecule has 0 atom stereocenters. The molecule has 0 bridgehead atoms. The molecule has 0 spiro atoms. The van der Waals surface area contributed by atoms with Gasteiger partial charge in [0.25, 0.3) is 0 Å². The Hall–Kier alpha value is -1.65. The Morgan fingerprint density at radius 3 is 2.70 bits per heavy atom. The van der Waals surface area contributed by atoms with Crippen LogP contribution in [-0.4, -0.2) is 21.7 Å². The van der Waals surface area contributed by atoms with E-state index in [1.807, 2.05) is 38.1 Å². The van der Waals surface area contributed by atoms with E-state index < -0.39 is 0 Å². The fourth-order valence-electron chi connectivity index (χ4n) is 1.80. The number of rotatable bonds is 5. The number of hydrogen-bond donors (Lipinski definition) is 1. The lowest BCUT2D eigenvalue weighted by molar-refractivity contribution is 0.297. The van der Waals surface area contributed by atoms with Crippen molar-refractivity contribution in [1.29, 1.82) is 0 Å². The van der Waals surface area contributed by atoms with Gasteiger partial charge in [0.2, 0.25) is 5.88 Å². The fourth-order valence-corrected chi connectivity index (χ4v) is 1.98. The summed E-state index contributed by atoms with van der Waals surface area (Å²) in [5, 5.41) is 9.50. The van der Waals surface area contributed by atoms with Crippen LogP contribution in [0.2, 0.25) is 5.15 Å². The van der Waals surface area contributed by atoms with Crippen LogP contribution >= 0.6 is 11.6 Å². The smallest absolute Gasteiger partial charge is 0.227 e. The number of aromatic nitrogens is 2. The normalized spacial score (nSPS) is 10.6. The second-order valence-electron chi connectivity index (χ2n) is 4.40. The molecule has 0 fully saturated rings. The monoisotopic (exact) mass is 292 g/mol. The zero-order chi connectivity index (χ0) is 14.5. The van der Waals surface area contributed by atoms with Gasteiger partial charge < -0.3 is 9.84 Å². The van der Waals surface area contributed by atoms with Gasteiger partial charge >= 0.3 is 0 Å². The number of hydrogen-bond acceptors (Lipinski definition) is 4. The summed E-state index contributed by atoms with van der Waals surface area (Å²) in [6.45, 7) is 3.86. The van der Waals surface area contributed by atoms with Crippen molar-refractivity contribution in [2.24, 2.45) is 0 Å². The van der Waals surface area contributed by atoms with Crippen molar-refractivity contribution in [2.45, 2.75) is 26.7 Å². The second kappa shape index (κ2) is 6.68. The molecule has 20 heavy (non-hydrogen) atoms. The summed E-state index contributed by atoms with van der Waals surface area (Å²) < 4.78 is 5.87. The highest BCUT2D eigenvalue weighted by Crippen LogP contribution is 2.29. The molecule has 0 radical (unpaired) electrons. The molecule has 1 N–H and O–H groups in total. The van der Waals surface area contributed by atoms with Gasteiger partial charge in [-0.1, -0.05) is 36.7 Å². The first-order chi connectivity index (χ1) is 9.65. The summed E-state index contributed by atoms with van der Waals surface area (Å²) in [4.78, 5) is 8.55. The SMILES string of the molecule is CCc1nc(Cl)c(C)c(Oc2ccccc2CCO)n1. The van der Waals surface area contributed by atoms with Crippen LogP contribution in [-0.2, 0) is 12.8 Å². The fraction of sp³-hybridized carbons (Fsp3) is 0.333. The number of nitrogens with zero attached hydrogens (tertiary/aromatic N) is 2. The van der Waals surface area contributed by atoms with Crippen molar-refractivity contribution in [3.05, 3.63) is 46.4 Å². The van der Waals surface area contributed by atoms with Crippen LogP contribution in [0.25, 0.3) is 0 Å². The van der Waals surface area contributed by atoms with Crippen LogP contribution in [0.1, 0.15) is 23.9 Å². The molecule has 1 aromatic heterocycles. The molecule has 1 aromatic carbocycles. The summed E-state index contributed by atoms with van der Waals surface area (Å²) in [7, 11) is 0. The number of aliphatic hydroxyl groups is 1. The maximum atomic E-state index is 9.09. The van der Waals surface area contributed by atoms with Crippen LogP contribution in [0.5, 0.6) is 11.6 Å². The molecule has 0 unspecified atom stereocenters. The van der Waals surface area contributed by atoms with Crippen molar-refractivity contribution >= 4 is 11.6 Å². The zero-order valence-electron chi connectivity index (χ0n) is 11.6. The molecular weight excluding hydrogens is 276 g/mol. The van der Waals surface area contributed by atoms with Gasteiger partial charge in [0, 0.05) is 18.6 Å². The molecule has 0 aliphatic carbocycles. The number of ether oxygens (including phenoxy) is 1. The first-order valence-corrected chi connectivity index (χ1v) is 6.93. The van der Waals surface area contributed by atoms with Crippen LogP contribution in [0, 0.1) is 6.92 Å². The highest BCUT2D eigenvalue weighted by Gasteiger charge is 2.12. The Balaban J connectivity index is 2.37. The predicted octanol–water partition coefficient (Wildman–Crippen LogP) is 3.33. The summed E-state index contributed by atoms with van der Waals surface area (Å²) in [5.74, 6) is 1.80. The van der Waals surface area contributed by atoms with Gasteiger partial charge in [0.1, 0.15) is 16.7 Å². The minimum Gasteiger partial charge on any atom is -0.438 e. The van der Waals surface area contributed by atoms with Crippen LogP contribution in [0.15, 0.2) is 24.3 Å². The first-order valence-electron chi connectivity index (χ1n) is 6.55. The molecular formula is C15H17ClN2O2. The van der Waals surface area contributed by atoms with E-state index in [0.29, 0.717) is 41.0 Å². The van der Waals surface area contributed by atoms with E-state index in [1.54, 1.807) is 0 Å². The topological polar surface area (TPSA) is 55.2 Å². The lowest BCUT2D eigenvalue weighted by Gasteiger charge is -2.12. The summed E-state index contributed by atoms with van der Waals surface area (Å²) >= 11 is 6.09. The lowest BCUT2D eigenvalue weighted by atomic mass is 10.1. The highest BCUT2D eigenvalue weighted by molar-refractivity contribution is 6.30. The van der Waals surface area contributed by atoms with Gasteiger partial charge in [0.15, 0.2) is 0 Å². The van der Waals surface area contributed by atoms with Crippen molar-refractivity contribution in [3.8, 4) is 11.6 Å². The number of para-hydroxylation sites is 1. The third-order valence-electron chi connectivity index (χ3n) is 2.96. The Bertz CT molecular complexity index is 602. The number of aryl methyl sites for hydroxylation is 1. The van der Waals surface area contributed by atoms with E-state index in [2.05, 4.69) is 9.97 Å². The number of halogens is 1. The van der Waals surface area contributed by atoms with Gasteiger partial charge in [0.05, 0.1) is 0 Å². The molecule has 4 nitrogen and oxygen atoms in total. The van der Waals surface area contributed by atoms with Gasteiger partial charge in [-0.25, -0.2) is 4.98 Å². The quantitative estimate of drug-likeness (QED) is 0.859. The first kappa shape index (κ1) is 14.8. The molecule has 0 saturated heterocycles. The molecule has 0 amide bonds. The maximum Gasteiger partial charge on any atom is 0.227 e. The van der Waals surface area contributed by atoms with Crippen molar-refractivity contribution in [2.75, 3.05) is 6.61 Å². The molecule has 0 saturated carbocycles. The van der Waals surface area contributed by atoms with E-state index in [-0.39, 0.29) is 6.61 Å². The Morgan fingerprint density at radius 1 is 1.25 bits per heavy atom. The van der Waals surface area contributed by atoms with Crippen LogP contribution in [0.4, 0.5) is 0 Å². The van der Waals surface area contributed by atoms with E-state index in [1.165, 1.54) is 0 Å². The molecule has 2 aromatic rings. The van der Waals surface area contributed by atoms with Gasteiger partial charge in [-0.05, 0) is 25.0 Å². The third-order valence-corrected chi connectivity index (χ3v) is 3.33. The molecule has 0 aliphatic rings. The Morgan fingerprint density at radius 2 is 2.00 bits per heavy atom. The minimum atomic E-state index is 0.0735. The van der Waals surface area contributed by atoms with Gasteiger partial charge in [-0.2, -0.15) is 4.98 Å². The maximum absolute atomic E-state index is 9.09. The van der Waals surface area contributed by atoms with E-state index in [4.69, 9.17) is 21.4 Å². The Labute approximate surface area is 123 Å². The molecule has 0 aliphatic heterocycles. The van der Waals surface area contributed by atoms with Crippen LogP contribution in [0.3, 0.4) is 0 Å².